The topological polar surface area (TPSA) is 65.1 Å². The molecule has 0 aliphatic heterocycles. The molecule has 0 amide bonds. The summed E-state index contributed by atoms with van der Waals surface area (Å²) < 4.78 is 0. The Labute approximate surface area is 86.9 Å². The third-order valence-corrected chi connectivity index (χ3v) is 2.47. The average molecular weight is 204 g/mol. The number of hydrogen-bond donors (Lipinski definition) is 3. The van der Waals surface area contributed by atoms with Gasteiger partial charge in [0.2, 0.25) is 0 Å². The summed E-state index contributed by atoms with van der Waals surface area (Å²) in [4.78, 5) is 14.1. The minimum Gasteiger partial charge on any atom is -0.480 e. The number of rotatable bonds is 3. The lowest BCUT2D eigenvalue weighted by atomic mass is 10.1. The summed E-state index contributed by atoms with van der Waals surface area (Å²) >= 11 is 0. The Kier molecular flexibility index (Phi) is 2.43. The van der Waals surface area contributed by atoms with E-state index in [0.29, 0.717) is 0 Å². The predicted molar refractivity (Wildman–Crippen MR) is 57.7 cm³/mol. The van der Waals surface area contributed by atoms with E-state index >= 15 is 0 Å². The van der Waals surface area contributed by atoms with Crippen LogP contribution < -0.4 is 5.32 Å². The molecule has 0 aliphatic rings. The molecule has 1 heterocycles. The number of fused-ring (bicyclic) bond motifs is 1. The summed E-state index contributed by atoms with van der Waals surface area (Å²) in [7, 11) is 1.64. The van der Waals surface area contributed by atoms with Crippen LogP contribution in [0.15, 0.2) is 30.5 Å². The fraction of sp³-hybridized carbons (Fsp3) is 0.182. The first-order valence-corrected chi connectivity index (χ1v) is 4.70. The van der Waals surface area contributed by atoms with Crippen molar-refractivity contribution in [3.63, 3.8) is 0 Å². The second-order valence-electron chi connectivity index (χ2n) is 3.35. The molecule has 0 unspecified atom stereocenters. The highest BCUT2D eigenvalue weighted by Crippen LogP contribution is 2.23. The first-order valence-electron chi connectivity index (χ1n) is 4.70. The molecule has 2 rings (SSSR count). The van der Waals surface area contributed by atoms with Gasteiger partial charge in [-0.3, -0.25) is 4.79 Å². The zero-order valence-electron chi connectivity index (χ0n) is 8.32. The quantitative estimate of drug-likeness (QED) is 0.710. The third-order valence-electron chi connectivity index (χ3n) is 2.47. The lowest BCUT2D eigenvalue weighted by molar-refractivity contribution is -0.139. The molecule has 3 N–H and O–H groups in total. The van der Waals surface area contributed by atoms with Crippen LogP contribution in [0.2, 0.25) is 0 Å². The van der Waals surface area contributed by atoms with Crippen molar-refractivity contribution in [2.45, 2.75) is 6.04 Å². The highest BCUT2D eigenvalue weighted by molar-refractivity contribution is 5.89. The van der Waals surface area contributed by atoms with Gasteiger partial charge in [0, 0.05) is 22.7 Å². The van der Waals surface area contributed by atoms with Crippen LogP contribution in [0, 0.1) is 0 Å². The van der Waals surface area contributed by atoms with Gasteiger partial charge in [-0.05, 0) is 13.1 Å². The van der Waals surface area contributed by atoms with Gasteiger partial charge in [0.15, 0.2) is 0 Å². The molecular weight excluding hydrogens is 192 g/mol. The molecule has 0 spiro atoms. The Morgan fingerprint density at radius 2 is 2.20 bits per heavy atom. The van der Waals surface area contributed by atoms with E-state index in [4.69, 9.17) is 5.11 Å². The summed E-state index contributed by atoms with van der Waals surface area (Å²) in [6.45, 7) is 0. The SMILES string of the molecule is CN[C@H](C(=O)O)c1c[nH]c2ccccc12. The predicted octanol–water partition coefficient (Wildman–Crippen LogP) is 1.51. The molecule has 0 saturated heterocycles. The normalized spacial score (nSPS) is 12.9. The summed E-state index contributed by atoms with van der Waals surface area (Å²) in [5, 5.41) is 12.7. The van der Waals surface area contributed by atoms with Crippen molar-refractivity contribution in [2.24, 2.45) is 0 Å². The molecule has 0 bridgehead atoms. The van der Waals surface area contributed by atoms with Gasteiger partial charge in [-0.25, -0.2) is 0 Å². The number of aromatic amines is 1. The Morgan fingerprint density at radius 1 is 1.47 bits per heavy atom. The number of carboxylic acids is 1. The van der Waals surface area contributed by atoms with Crippen LogP contribution in [0.25, 0.3) is 10.9 Å². The van der Waals surface area contributed by atoms with Crippen molar-refractivity contribution in [3.8, 4) is 0 Å². The number of benzene rings is 1. The lowest BCUT2D eigenvalue weighted by Crippen LogP contribution is -2.24. The van der Waals surface area contributed by atoms with Crippen LogP contribution in [-0.4, -0.2) is 23.1 Å². The number of H-pyrrole nitrogens is 1. The number of aromatic nitrogens is 1. The molecule has 0 radical (unpaired) electrons. The molecule has 78 valence electrons. The first-order chi connectivity index (χ1) is 7.24. The highest BCUT2D eigenvalue weighted by atomic mass is 16.4. The van der Waals surface area contributed by atoms with Gasteiger partial charge in [-0.2, -0.15) is 0 Å². The molecule has 0 saturated carbocycles. The summed E-state index contributed by atoms with van der Waals surface area (Å²) in [5.74, 6) is -0.873. The second-order valence-corrected chi connectivity index (χ2v) is 3.35. The van der Waals surface area contributed by atoms with Gasteiger partial charge in [-0.1, -0.05) is 18.2 Å². The molecule has 4 nitrogen and oxygen atoms in total. The maximum atomic E-state index is 11.0. The van der Waals surface area contributed by atoms with Gasteiger partial charge >= 0.3 is 5.97 Å². The van der Waals surface area contributed by atoms with Crippen molar-refractivity contribution in [2.75, 3.05) is 7.05 Å². The minimum absolute atomic E-state index is 0.666. The second kappa shape index (κ2) is 3.74. The van der Waals surface area contributed by atoms with E-state index < -0.39 is 12.0 Å². The fourth-order valence-corrected chi connectivity index (χ4v) is 1.74. The van der Waals surface area contributed by atoms with Crippen LogP contribution in [0.5, 0.6) is 0 Å². The smallest absolute Gasteiger partial charge is 0.325 e. The number of carboxylic acid groups (broad SMARTS) is 1. The number of hydrogen-bond acceptors (Lipinski definition) is 2. The fourth-order valence-electron chi connectivity index (χ4n) is 1.74. The zero-order chi connectivity index (χ0) is 10.8. The molecule has 4 heteroatoms. The first kappa shape index (κ1) is 9.73. The van der Waals surface area contributed by atoms with Crippen molar-refractivity contribution in [1.29, 1.82) is 0 Å². The van der Waals surface area contributed by atoms with Crippen molar-refractivity contribution in [1.82, 2.24) is 10.3 Å². The van der Waals surface area contributed by atoms with E-state index in [1.54, 1.807) is 13.2 Å². The van der Waals surface area contributed by atoms with E-state index in [-0.39, 0.29) is 0 Å². The van der Waals surface area contributed by atoms with E-state index in [1.165, 1.54) is 0 Å². The number of likely N-dealkylation sites (N-methyl/N-ethyl adjacent to an activating group) is 1. The molecule has 0 fully saturated rings. The van der Waals surface area contributed by atoms with E-state index in [0.717, 1.165) is 16.5 Å². The number of nitrogens with one attached hydrogen (secondary N) is 2. The standard InChI is InChI=1S/C11H12N2O2/c1-12-10(11(14)15)8-6-13-9-5-3-2-4-7(8)9/h2-6,10,12-13H,1H3,(H,14,15)/t10-/m0/s1. The van der Waals surface area contributed by atoms with Gasteiger partial charge in [0.1, 0.15) is 6.04 Å². The molecule has 2 aromatic rings. The van der Waals surface area contributed by atoms with Crippen LogP contribution >= 0.6 is 0 Å². The monoisotopic (exact) mass is 204 g/mol. The molecule has 1 aromatic heterocycles. The largest absolute Gasteiger partial charge is 0.480 e. The summed E-state index contributed by atoms with van der Waals surface area (Å²) in [5.41, 5.74) is 1.72. The van der Waals surface area contributed by atoms with Gasteiger partial charge < -0.3 is 15.4 Å². The molecule has 1 aromatic carbocycles. The molecular formula is C11H12N2O2. The Hall–Kier alpha value is -1.81. The highest BCUT2D eigenvalue weighted by Gasteiger charge is 2.20. The van der Waals surface area contributed by atoms with Crippen molar-refractivity contribution < 1.29 is 9.90 Å². The van der Waals surface area contributed by atoms with Crippen LogP contribution in [-0.2, 0) is 4.79 Å². The Morgan fingerprint density at radius 3 is 2.87 bits per heavy atom. The van der Waals surface area contributed by atoms with Crippen LogP contribution in [0.3, 0.4) is 0 Å². The van der Waals surface area contributed by atoms with Gasteiger partial charge in [-0.15, -0.1) is 0 Å². The van der Waals surface area contributed by atoms with E-state index in [1.807, 2.05) is 24.3 Å². The number of aliphatic carboxylic acids is 1. The maximum Gasteiger partial charge on any atom is 0.325 e. The summed E-state index contributed by atoms with van der Waals surface area (Å²) in [6.07, 6.45) is 1.74. The molecule has 0 aliphatic carbocycles. The van der Waals surface area contributed by atoms with Crippen LogP contribution in [0.1, 0.15) is 11.6 Å². The Bertz CT molecular complexity index is 490. The van der Waals surface area contributed by atoms with Crippen molar-refractivity contribution in [3.05, 3.63) is 36.0 Å². The van der Waals surface area contributed by atoms with Gasteiger partial charge in [0.05, 0.1) is 0 Å². The average Bonchev–Trinajstić information content (AvgIpc) is 2.63. The van der Waals surface area contributed by atoms with E-state index in [9.17, 15) is 4.79 Å². The van der Waals surface area contributed by atoms with Crippen LogP contribution in [0.4, 0.5) is 0 Å². The molecule has 15 heavy (non-hydrogen) atoms. The summed E-state index contributed by atoms with van der Waals surface area (Å²) in [6, 6.07) is 6.98. The zero-order valence-corrected chi connectivity index (χ0v) is 8.32. The molecule has 1 atom stereocenters. The van der Waals surface area contributed by atoms with E-state index in [2.05, 4.69) is 10.3 Å². The lowest BCUT2D eigenvalue weighted by Gasteiger charge is -2.09. The number of carbonyl (C=O) groups is 1. The maximum absolute atomic E-state index is 11.0. The Balaban J connectivity index is 2.55. The minimum atomic E-state index is -0.873. The third kappa shape index (κ3) is 1.59. The number of para-hydroxylation sites is 1. The van der Waals surface area contributed by atoms with Gasteiger partial charge in [0.25, 0.3) is 0 Å². The van der Waals surface area contributed by atoms with Crippen molar-refractivity contribution >= 4 is 16.9 Å².